The number of esters is 1. The Hall–Kier alpha value is -1.64. The molecule has 1 unspecified atom stereocenters. The van der Waals surface area contributed by atoms with E-state index in [0.717, 1.165) is 11.8 Å². The summed E-state index contributed by atoms with van der Waals surface area (Å²) in [5.74, 6) is -0.806. The third-order valence-electron chi connectivity index (χ3n) is 3.39. The molecule has 1 heterocycles. The molecular weight excluding hydrogens is 563 g/mol. The maximum Gasteiger partial charge on any atom is 0.434 e. The summed E-state index contributed by atoms with van der Waals surface area (Å²) in [6, 6.07) is 0. The van der Waals surface area contributed by atoms with Crippen LogP contribution in [0.3, 0.4) is 0 Å². The Morgan fingerprint density at radius 3 is 2.32 bits per heavy atom. The van der Waals surface area contributed by atoms with Crippen LogP contribution in [0.5, 0.6) is 0 Å². The van der Waals surface area contributed by atoms with Crippen molar-refractivity contribution in [2.24, 2.45) is 0 Å². The summed E-state index contributed by atoms with van der Waals surface area (Å²) in [6.07, 6.45) is -9.80. The number of rotatable bonds is 9. The van der Waals surface area contributed by atoms with Crippen molar-refractivity contribution in [3.05, 3.63) is 51.3 Å². The number of aryl methyl sites for hydroxylation is 1. The number of ether oxygens (including phenoxy) is 1. The van der Waals surface area contributed by atoms with E-state index >= 15 is 0 Å². The van der Waals surface area contributed by atoms with Gasteiger partial charge in [-0.3, -0.25) is 4.79 Å². The van der Waals surface area contributed by atoms with Crippen molar-refractivity contribution in [1.29, 1.82) is 0 Å². The first kappa shape index (κ1) is 27.4. The summed E-state index contributed by atoms with van der Waals surface area (Å²) in [6.45, 7) is 7.11. The van der Waals surface area contributed by atoms with Gasteiger partial charge >= 0.3 is 18.3 Å². The van der Waals surface area contributed by atoms with E-state index in [1.807, 2.05) is 29.5 Å². The van der Waals surface area contributed by atoms with Crippen LogP contribution in [-0.4, -0.2) is 45.1 Å². The number of hydrogen-bond donors (Lipinski definition) is 0. The quantitative estimate of drug-likeness (QED) is 0.162. The molecule has 5 nitrogen and oxygen atoms in total. The summed E-state index contributed by atoms with van der Waals surface area (Å²) >= 11 is 3.01. The second-order valence-electron chi connectivity index (χ2n) is 6.01. The molecule has 0 amide bonds. The predicted molar refractivity (Wildman–Crippen MR) is 112 cm³/mol. The van der Waals surface area contributed by atoms with Gasteiger partial charge in [-0.1, -0.05) is 31.7 Å². The second-order valence-corrected chi connectivity index (χ2v) is 8.15. The molecule has 0 N–H and O–H groups in total. The Bertz CT molecular complexity index is 808. The molecule has 31 heavy (non-hydrogen) atoms. The zero-order valence-electron chi connectivity index (χ0n) is 16.3. The summed E-state index contributed by atoms with van der Waals surface area (Å²) in [7, 11) is 0. The lowest BCUT2D eigenvalue weighted by Gasteiger charge is -2.22. The molecular formula is C18H18F6IN3O2S. The van der Waals surface area contributed by atoms with Crippen LogP contribution in [0.15, 0.2) is 35.8 Å². The summed E-state index contributed by atoms with van der Waals surface area (Å²) < 4.78 is 78.8. The van der Waals surface area contributed by atoms with Gasteiger partial charge in [0, 0.05) is 39.2 Å². The average molecular weight is 581 g/mol. The van der Waals surface area contributed by atoms with E-state index in [1.54, 1.807) is 25.2 Å². The van der Waals surface area contributed by atoms with Gasteiger partial charge in [0.15, 0.2) is 3.83 Å². The SMILES string of the molecule is C=C/C=C(\C=C/C(C)c1nc(C)nc(I)n1)SCCC(=O)OC(C(F)(F)F)C(F)(F)F. The molecule has 1 aromatic rings. The highest BCUT2D eigenvalue weighted by molar-refractivity contribution is 14.1. The minimum atomic E-state index is -5.74. The molecule has 1 aromatic heterocycles. The number of halogens is 7. The van der Waals surface area contributed by atoms with E-state index in [2.05, 4.69) is 26.3 Å². The monoisotopic (exact) mass is 581 g/mol. The van der Waals surface area contributed by atoms with E-state index < -0.39 is 30.8 Å². The molecule has 0 spiro atoms. The van der Waals surface area contributed by atoms with Crippen molar-refractivity contribution in [3.63, 3.8) is 0 Å². The van der Waals surface area contributed by atoms with Crippen molar-refractivity contribution in [2.45, 2.75) is 44.6 Å². The van der Waals surface area contributed by atoms with Crippen molar-refractivity contribution in [1.82, 2.24) is 15.0 Å². The fourth-order valence-corrected chi connectivity index (χ4v) is 3.50. The van der Waals surface area contributed by atoms with Crippen LogP contribution in [0.4, 0.5) is 26.3 Å². The highest BCUT2D eigenvalue weighted by Crippen LogP contribution is 2.36. The maximum absolute atomic E-state index is 12.4. The van der Waals surface area contributed by atoms with Gasteiger partial charge in [-0.05, 0) is 13.0 Å². The van der Waals surface area contributed by atoms with Gasteiger partial charge in [-0.15, -0.1) is 11.8 Å². The van der Waals surface area contributed by atoms with E-state index in [-0.39, 0.29) is 11.7 Å². The minimum absolute atomic E-state index is 0.0948. The molecule has 1 atom stereocenters. The van der Waals surface area contributed by atoms with Gasteiger partial charge in [0.2, 0.25) is 0 Å². The molecule has 0 saturated heterocycles. The van der Waals surface area contributed by atoms with Crippen LogP contribution in [0.2, 0.25) is 0 Å². The molecule has 0 bridgehead atoms. The number of nitrogens with zero attached hydrogens (tertiary/aromatic N) is 3. The predicted octanol–water partition coefficient (Wildman–Crippen LogP) is 5.67. The first-order valence-electron chi connectivity index (χ1n) is 8.58. The fourth-order valence-electron chi connectivity index (χ4n) is 2.03. The highest BCUT2D eigenvalue weighted by Gasteiger charge is 2.59. The van der Waals surface area contributed by atoms with Crippen LogP contribution < -0.4 is 0 Å². The topological polar surface area (TPSA) is 65.0 Å². The van der Waals surface area contributed by atoms with Crippen molar-refractivity contribution in [3.8, 4) is 0 Å². The van der Waals surface area contributed by atoms with Gasteiger partial charge in [-0.2, -0.15) is 26.3 Å². The molecule has 0 fully saturated rings. The van der Waals surface area contributed by atoms with Crippen LogP contribution in [0.25, 0.3) is 0 Å². The van der Waals surface area contributed by atoms with Crippen LogP contribution in [0, 0.1) is 10.8 Å². The van der Waals surface area contributed by atoms with Crippen LogP contribution >= 0.6 is 34.4 Å². The molecule has 0 aliphatic rings. The molecule has 13 heteroatoms. The average Bonchev–Trinajstić information content (AvgIpc) is 2.61. The van der Waals surface area contributed by atoms with Gasteiger partial charge in [0.25, 0.3) is 6.10 Å². The summed E-state index contributed by atoms with van der Waals surface area (Å²) in [5, 5.41) is 0. The zero-order chi connectivity index (χ0) is 23.8. The Labute approximate surface area is 192 Å². The highest BCUT2D eigenvalue weighted by atomic mass is 127. The van der Waals surface area contributed by atoms with E-state index in [9.17, 15) is 31.1 Å². The number of carbonyl (C=O) groups excluding carboxylic acids is 1. The van der Waals surface area contributed by atoms with Gasteiger partial charge in [-0.25, -0.2) is 15.0 Å². The number of carbonyl (C=O) groups is 1. The van der Waals surface area contributed by atoms with Crippen LogP contribution in [0.1, 0.15) is 30.9 Å². The molecule has 1 rings (SSSR count). The Kier molecular flexibility index (Phi) is 10.5. The third-order valence-corrected chi connectivity index (χ3v) is 4.89. The number of thioether (sulfide) groups is 1. The summed E-state index contributed by atoms with van der Waals surface area (Å²) in [5.41, 5.74) is 0. The second kappa shape index (κ2) is 11.8. The van der Waals surface area contributed by atoms with E-state index in [4.69, 9.17) is 0 Å². The number of allylic oxidation sites excluding steroid dienone is 4. The lowest BCUT2D eigenvalue weighted by atomic mass is 10.1. The molecule has 0 aliphatic heterocycles. The Morgan fingerprint density at radius 2 is 1.81 bits per heavy atom. The van der Waals surface area contributed by atoms with Gasteiger partial charge in [0.05, 0.1) is 6.42 Å². The Balaban J connectivity index is 2.70. The molecule has 0 saturated carbocycles. The summed E-state index contributed by atoms with van der Waals surface area (Å²) in [4.78, 5) is 24.6. The number of aromatic nitrogens is 3. The zero-order valence-corrected chi connectivity index (χ0v) is 19.3. The molecule has 0 aliphatic carbocycles. The molecule has 172 valence electrons. The Morgan fingerprint density at radius 1 is 1.19 bits per heavy atom. The maximum atomic E-state index is 12.4. The van der Waals surface area contributed by atoms with Crippen molar-refractivity contribution >= 4 is 40.3 Å². The standard InChI is InChI=1S/C18H18F6IN3O2S/c1-4-5-12(7-6-10(2)14-26-11(3)27-16(25)28-14)31-9-8-13(29)30-15(17(19,20)21)18(22,23)24/h4-7,10,15H,1,8-9H2,2-3H3/b7-6-,12-5+. The number of alkyl halides is 6. The lowest BCUT2D eigenvalue weighted by Crippen LogP contribution is -2.45. The minimum Gasteiger partial charge on any atom is -0.443 e. The molecule has 0 radical (unpaired) electrons. The van der Waals surface area contributed by atoms with E-state index in [1.165, 1.54) is 6.08 Å². The first-order valence-corrected chi connectivity index (χ1v) is 10.6. The van der Waals surface area contributed by atoms with Crippen LogP contribution in [-0.2, 0) is 9.53 Å². The van der Waals surface area contributed by atoms with Gasteiger partial charge < -0.3 is 4.74 Å². The largest absolute Gasteiger partial charge is 0.443 e. The number of hydrogen-bond acceptors (Lipinski definition) is 6. The fraction of sp³-hybridized carbons (Fsp3) is 0.444. The van der Waals surface area contributed by atoms with Gasteiger partial charge in [0.1, 0.15) is 11.6 Å². The van der Waals surface area contributed by atoms with E-state index in [0.29, 0.717) is 20.4 Å². The third kappa shape index (κ3) is 10.0. The smallest absolute Gasteiger partial charge is 0.434 e. The van der Waals surface area contributed by atoms with Crippen molar-refractivity contribution in [2.75, 3.05) is 5.75 Å². The normalized spacial score (nSPS) is 14.2. The molecule has 0 aromatic carbocycles. The van der Waals surface area contributed by atoms with Crippen molar-refractivity contribution < 1.29 is 35.9 Å². The first-order chi connectivity index (χ1) is 14.2. The lowest BCUT2D eigenvalue weighted by molar-refractivity contribution is -0.313.